The van der Waals surface area contributed by atoms with Gasteiger partial charge in [-0.25, -0.2) is 4.39 Å². The van der Waals surface area contributed by atoms with E-state index >= 15 is 0 Å². The fraction of sp³-hybridized carbons (Fsp3) is 0.296. The molecule has 4 rings (SSSR count). The number of ether oxygens (including phenoxy) is 1. The summed E-state index contributed by atoms with van der Waals surface area (Å²) in [5.41, 5.74) is 3.08. The van der Waals surface area contributed by atoms with Gasteiger partial charge in [0.2, 0.25) is 0 Å². The average Bonchev–Trinajstić information content (AvgIpc) is 3.30. The summed E-state index contributed by atoms with van der Waals surface area (Å²) in [7, 11) is 0. The number of rotatable bonds is 8. The van der Waals surface area contributed by atoms with E-state index in [-0.39, 0.29) is 24.8 Å². The number of hydrogen-bond donors (Lipinski definition) is 2. The molecule has 0 aliphatic heterocycles. The minimum atomic E-state index is -1.12. The molecule has 1 amide bonds. The molecule has 0 saturated carbocycles. The number of aryl methyl sites for hydroxylation is 1. The Kier molecular flexibility index (Phi) is 6.84. The minimum Gasteiger partial charge on any atom is -0.493 e. The Morgan fingerprint density at radius 2 is 2.00 bits per heavy atom. The first-order valence-corrected chi connectivity index (χ1v) is 11.5. The van der Waals surface area contributed by atoms with Gasteiger partial charge >= 0.3 is 0 Å². The lowest BCUT2D eigenvalue weighted by atomic mass is 10.0. The van der Waals surface area contributed by atoms with E-state index in [2.05, 4.69) is 15.2 Å². The Balaban J connectivity index is 1.71. The van der Waals surface area contributed by atoms with E-state index < -0.39 is 5.60 Å². The van der Waals surface area contributed by atoms with Gasteiger partial charge in [-0.1, -0.05) is 12.1 Å². The molecule has 0 aliphatic rings. The van der Waals surface area contributed by atoms with Gasteiger partial charge in [0, 0.05) is 47.1 Å². The van der Waals surface area contributed by atoms with Crippen molar-refractivity contribution in [3.63, 3.8) is 0 Å². The minimum absolute atomic E-state index is 0.102. The molecule has 2 aromatic carbocycles. The summed E-state index contributed by atoms with van der Waals surface area (Å²) in [6, 6.07) is 11.4. The van der Waals surface area contributed by atoms with Gasteiger partial charge in [0.15, 0.2) is 0 Å². The van der Waals surface area contributed by atoms with Crippen LogP contribution in [0.1, 0.15) is 42.4 Å². The third-order valence-corrected chi connectivity index (χ3v) is 5.65. The van der Waals surface area contributed by atoms with Gasteiger partial charge in [-0.2, -0.15) is 5.10 Å². The lowest BCUT2D eigenvalue weighted by Gasteiger charge is -2.29. The number of carbonyl (C=O) groups is 1. The first kappa shape index (κ1) is 24.3. The summed E-state index contributed by atoms with van der Waals surface area (Å²) in [5.74, 6) is -0.134. The van der Waals surface area contributed by atoms with E-state index in [0.717, 1.165) is 22.2 Å². The van der Waals surface area contributed by atoms with E-state index in [0.29, 0.717) is 29.0 Å². The highest BCUT2D eigenvalue weighted by Gasteiger charge is 2.26. The van der Waals surface area contributed by atoms with Crippen molar-refractivity contribution in [3.8, 4) is 16.9 Å². The summed E-state index contributed by atoms with van der Waals surface area (Å²) in [6.07, 6.45) is 3.43. The van der Waals surface area contributed by atoms with Crippen LogP contribution in [-0.4, -0.2) is 49.8 Å². The predicted octanol–water partition coefficient (Wildman–Crippen LogP) is 4.88. The van der Waals surface area contributed by atoms with Crippen molar-refractivity contribution in [2.24, 2.45) is 0 Å². The number of nitrogens with zero attached hydrogens (tertiary/aromatic N) is 3. The molecule has 4 aromatic rings. The zero-order chi connectivity index (χ0) is 25.2. The molecule has 2 aromatic heterocycles. The zero-order valence-corrected chi connectivity index (χ0v) is 20.3. The number of amides is 1. The molecule has 182 valence electrons. The molecule has 0 saturated heterocycles. The van der Waals surface area contributed by atoms with Crippen LogP contribution in [0.4, 0.5) is 4.39 Å². The first-order valence-electron chi connectivity index (χ1n) is 11.5. The smallest absolute Gasteiger partial charge is 0.254 e. The van der Waals surface area contributed by atoms with E-state index in [1.807, 2.05) is 13.8 Å². The molecule has 35 heavy (non-hydrogen) atoms. The number of aromatic nitrogens is 3. The number of pyridine rings is 1. The van der Waals surface area contributed by atoms with Gasteiger partial charge in [-0.3, -0.25) is 14.9 Å². The van der Waals surface area contributed by atoms with Gasteiger partial charge < -0.3 is 14.7 Å². The van der Waals surface area contributed by atoms with Gasteiger partial charge in [0.1, 0.15) is 11.6 Å². The number of aliphatic hydroxyl groups is 1. The Morgan fingerprint density at radius 1 is 1.20 bits per heavy atom. The van der Waals surface area contributed by atoms with Crippen molar-refractivity contribution in [3.05, 3.63) is 77.5 Å². The number of aromatic amines is 1. The van der Waals surface area contributed by atoms with Crippen LogP contribution in [0.2, 0.25) is 0 Å². The second-order valence-corrected chi connectivity index (χ2v) is 9.16. The lowest BCUT2D eigenvalue weighted by molar-refractivity contribution is 0.0280. The lowest BCUT2D eigenvalue weighted by Crippen LogP contribution is -2.42. The normalized spacial score (nSPS) is 11.6. The van der Waals surface area contributed by atoms with Crippen LogP contribution in [0, 0.1) is 12.7 Å². The standard InChI is InChI=1S/C27H29FN4O3/c1-5-35-24-12-19(9-10-22(24)18-7-6-8-21(28)11-18)26(33)32(16-27(3,4)34)15-20-13-29-17(2)23-14-30-31-25(20)23/h6-14,34H,5,15-16H2,1-4H3,(H,30,31). The number of hydrogen-bond acceptors (Lipinski definition) is 5. The Bertz CT molecular complexity index is 1360. The van der Waals surface area contributed by atoms with Crippen LogP contribution in [0.15, 0.2) is 54.9 Å². The molecule has 0 unspecified atom stereocenters. The van der Waals surface area contributed by atoms with Crippen LogP contribution in [0.25, 0.3) is 22.0 Å². The van der Waals surface area contributed by atoms with E-state index in [1.54, 1.807) is 61.5 Å². The second-order valence-electron chi connectivity index (χ2n) is 9.16. The summed E-state index contributed by atoms with van der Waals surface area (Å²) >= 11 is 0. The highest BCUT2D eigenvalue weighted by Crippen LogP contribution is 2.32. The third kappa shape index (κ3) is 5.49. The number of H-pyrrole nitrogens is 1. The second kappa shape index (κ2) is 9.84. The maximum atomic E-state index is 13.8. The molecule has 7 nitrogen and oxygen atoms in total. The van der Waals surface area contributed by atoms with Crippen LogP contribution >= 0.6 is 0 Å². The largest absolute Gasteiger partial charge is 0.493 e. The van der Waals surface area contributed by atoms with E-state index in [4.69, 9.17) is 4.74 Å². The molecular formula is C27H29FN4O3. The Labute approximate surface area is 203 Å². The van der Waals surface area contributed by atoms with Gasteiger partial charge in [-0.15, -0.1) is 0 Å². The molecule has 0 aliphatic carbocycles. The maximum Gasteiger partial charge on any atom is 0.254 e. The summed E-state index contributed by atoms with van der Waals surface area (Å²) in [4.78, 5) is 19.7. The van der Waals surface area contributed by atoms with Crippen molar-refractivity contribution in [2.45, 2.75) is 39.8 Å². The topological polar surface area (TPSA) is 91.3 Å². The quantitative estimate of drug-likeness (QED) is 0.378. The molecule has 0 fully saturated rings. The number of carbonyl (C=O) groups excluding carboxylic acids is 1. The predicted molar refractivity (Wildman–Crippen MR) is 133 cm³/mol. The van der Waals surface area contributed by atoms with Crippen molar-refractivity contribution in [1.82, 2.24) is 20.1 Å². The monoisotopic (exact) mass is 476 g/mol. The van der Waals surface area contributed by atoms with Crippen molar-refractivity contribution >= 4 is 16.8 Å². The van der Waals surface area contributed by atoms with Gasteiger partial charge in [0.25, 0.3) is 5.91 Å². The number of benzene rings is 2. The van der Waals surface area contributed by atoms with Gasteiger partial charge in [0.05, 0.1) is 23.9 Å². The summed E-state index contributed by atoms with van der Waals surface area (Å²) in [6.45, 7) is 7.78. The van der Waals surface area contributed by atoms with Crippen LogP contribution in [0.5, 0.6) is 5.75 Å². The summed E-state index contributed by atoms with van der Waals surface area (Å²) < 4.78 is 19.6. The molecule has 0 bridgehead atoms. The zero-order valence-electron chi connectivity index (χ0n) is 20.3. The molecule has 8 heteroatoms. The Hall–Kier alpha value is -3.78. The SMILES string of the molecule is CCOc1cc(C(=O)N(Cc2cnc(C)c3cn[nH]c23)CC(C)(C)O)ccc1-c1cccc(F)c1. The molecule has 0 spiro atoms. The summed E-state index contributed by atoms with van der Waals surface area (Å²) in [5, 5.41) is 18.5. The van der Waals surface area contributed by atoms with E-state index in [9.17, 15) is 14.3 Å². The fourth-order valence-corrected chi connectivity index (χ4v) is 4.11. The number of halogens is 1. The third-order valence-electron chi connectivity index (χ3n) is 5.65. The van der Waals surface area contributed by atoms with Gasteiger partial charge in [-0.05, 0) is 63.6 Å². The molecule has 2 heterocycles. The maximum absolute atomic E-state index is 13.8. The fourth-order valence-electron chi connectivity index (χ4n) is 4.11. The molecular weight excluding hydrogens is 447 g/mol. The first-order chi connectivity index (χ1) is 16.7. The van der Waals surface area contributed by atoms with Crippen molar-refractivity contribution in [2.75, 3.05) is 13.2 Å². The van der Waals surface area contributed by atoms with Crippen LogP contribution < -0.4 is 4.74 Å². The molecule has 2 N–H and O–H groups in total. The number of fused-ring (bicyclic) bond motifs is 1. The Morgan fingerprint density at radius 3 is 2.71 bits per heavy atom. The molecule has 0 radical (unpaired) electrons. The number of nitrogens with one attached hydrogen (secondary N) is 1. The molecule has 0 atom stereocenters. The van der Waals surface area contributed by atoms with E-state index in [1.165, 1.54) is 12.1 Å². The highest BCUT2D eigenvalue weighted by molar-refractivity contribution is 5.96. The highest BCUT2D eigenvalue weighted by atomic mass is 19.1. The van der Waals surface area contributed by atoms with Crippen LogP contribution in [-0.2, 0) is 6.54 Å². The average molecular weight is 477 g/mol. The van der Waals surface area contributed by atoms with Crippen LogP contribution in [0.3, 0.4) is 0 Å². The van der Waals surface area contributed by atoms with Crippen molar-refractivity contribution < 1.29 is 19.0 Å². The van der Waals surface area contributed by atoms with Crippen molar-refractivity contribution in [1.29, 1.82) is 0 Å².